The van der Waals surface area contributed by atoms with E-state index >= 15 is 0 Å². The van der Waals surface area contributed by atoms with Gasteiger partial charge in [-0.25, -0.2) is 0 Å². The average Bonchev–Trinajstić information content (AvgIpc) is 2.47. The molecule has 0 aromatic heterocycles. The molecule has 0 amide bonds. The van der Waals surface area contributed by atoms with Crippen LogP contribution in [0.25, 0.3) is 0 Å². The molecule has 19 heavy (non-hydrogen) atoms. The average molecular weight is 254 g/mol. The SMILES string of the molecule is N#Cc1ccc2c(c1)CC[C@H](N1CCC(=O)CC1)C2. The number of hydrogen-bond acceptors (Lipinski definition) is 3. The van der Waals surface area contributed by atoms with E-state index in [0.29, 0.717) is 11.8 Å². The number of benzene rings is 1. The minimum atomic E-state index is 0.408. The number of hydrogen-bond donors (Lipinski definition) is 0. The zero-order valence-electron chi connectivity index (χ0n) is 11.1. The smallest absolute Gasteiger partial charge is 0.135 e. The van der Waals surface area contributed by atoms with E-state index in [9.17, 15) is 4.79 Å². The van der Waals surface area contributed by atoms with Gasteiger partial charge in [0.15, 0.2) is 0 Å². The molecule has 1 heterocycles. The van der Waals surface area contributed by atoms with Crippen molar-refractivity contribution in [2.45, 2.75) is 38.1 Å². The maximum atomic E-state index is 11.3. The third kappa shape index (κ3) is 2.54. The summed E-state index contributed by atoms with van der Waals surface area (Å²) in [4.78, 5) is 13.8. The van der Waals surface area contributed by atoms with Crippen LogP contribution in [-0.2, 0) is 17.6 Å². The second-order valence-electron chi connectivity index (χ2n) is 5.57. The minimum absolute atomic E-state index is 0.408. The summed E-state index contributed by atoms with van der Waals surface area (Å²) in [6.45, 7) is 1.85. The van der Waals surface area contributed by atoms with Crippen molar-refractivity contribution < 1.29 is 4.79 Å². The number of Topliss-reactive ketones (excluding diaryl/α,β-unsaturated/α-hetero) is 1. The topological polar surface area (TPSA) is 44.1 Å². The Labute approximate surface area is 113 Å². The van der Waals surface area contributed by atoms with Gasteiger partial charge in [0, 0.05) is 32.0 Å². The summed E-state index contributed by atoms with van der Waals surface area (Å²) >= 11 is 0. The first kappa shape index (κ1) is 12.4. The van der Waals surface area contributed by atoms with E-state index in [1.54, 1.807) is 0 Å². The second-order valence-corrected chi connectivity index (χ2v) is 5.57. The number of nitriles is 1. The van der Waals surface area contributed by atoms with Gasteiger partial charge in [0.25, 0.3) is 0 Å². The summed E-state index contributed by atoms with van der Waals surface area (Å²) in [6.07, 6.45) is 4.71. The predicted octanol–water partition coefficient (Wildman–Crippen LogP) is 2.08. The van der Waals surface area contributed by atoms with Crippen molar-refractivity contribution in [1.29, 1.82) is 5.26 Å². The Morgan fingerprint density at radius 3 is 2.68 bits per heavy atom. The first-order valence-electron chi connectivity index (χ1n) is 7.04. The van der Waals surface area contributed by atoms with E-state index in [0.717, 1.165) is 50.8 Å². The molecule has 1 atom stereocenters. The van der Waals surface area contributed by atoms with Crippen molar-refractivity contribution in [3.63, 3.8) is 0 Å². The van der Waals surface area contributed by atoms with Crippen LogP contribution in [0.1, 0.15) is 36.0 Å². The fourth-order valence-corrected chi connectivity index (χ4v) is 3.26. The van der Waals surface area contributed by atoms with Gasteiger partial charge in [-0.15, -0.1) is 0 Å². The number of ketones is 1. The number of aryl methyl sites for hydroxylation is 1. The van der Waals surface area contributed by atoms with Crippen LogP contribution in [0.3, 0.4) is 0 Å². The lowest BCUT2D eigenvalue weighted by molar-refractivity contribution is -0.121. The molecule has 1 saturated heterocycles. The molecule has 1 aliphatic heterocycles. The van der Waals surface area contributed by atoms with Crippen LogP contribution in [0.5, 0.6) is 0 Å². The molecular formula is C16H18N2O. The Balaban J connectivity index is 1.72. The molecule has 0 spiro atoms. The van der Waals surface area contributed by atoms with Gasteiger partial charge in [-0.2, -0.15) is 5.26 Å². The molecule has 3 heteroatoms. The number of piperidine rings is 1. The summed E-state index contributed by atoms with van der Waals surface area (Å²) < 4.78 is 0. The normalized spacial score (nSPS) is 23.7. The molecule has 2 aliphatic rings. The van der Waals surface area contributed by atoms with Gasteiger partial charge in [-0.3, -0.25) is 9.69 Å². The van der Waals surface area contributed by atoms with Crippen molar-refractivity contribution in [3.8, 4) is 6.07 Å². The van der Waals surface area contributed by atoms with Crippen molar-refractivity contribution >= 4 is 5.78 Å². The molecule has 1 aliphatic carbocycles. The molecule has 1 fully saturated rings. The van der Waals surface area contributed by atoms with E-state index in [4.69, 9.17) is 5.26 Å². The Morgan fingerprint density at radius 1 is 1.16 bits per heavy atom. The lowest BCUT2D eigenvalue weighted by Crippen LogP contribution is -2.44. The fourth-order valence-electron chi connectivity index (χ4n) is 3.26. The molecule has 0 bridgehead atoms. The number of rotatable bonds is 1. The van der Waals surface area contributed by atoms with Gasteiger partial charge in [-0.05, 0) is 42.5 Å². The second kappa shape index (κ2) is 5.14. The van der Waals surface area contributed by atoms with E-state index in [2.05, 4.69) is 17.0 Å². The first-order chi connectivity index (χ1) is 9.26. The highest BCUT2D eigenvalue weighted by atomic mass is 16.1. The highest BCUT2D eigenvalue weighted by molar-refractivity contribution is 5.79. The third-order valence-electron chi connectivity index (χ3n) is 4.41. The standard InChI is InChI=1S/C16H18N2O/c17-11-12-1-2-14-10-15(4-3-13(14)9-12)18-7-5-16(19)6-8-18/h1-2,9,15H,3-8,10H2/t15-/m0/s1. The molecule has 1 aromatic carbocycles. The Morgan fingerprint density at radius 2 is 1.95 bits per heavy atom. The van der Waals surface area contributed by atoms with Crippen LogP contribution in [0, 0.1) is 11.3 Å². The van der Waals surface area contributed by atoms with Crippen LogP contribution in [0.2, 0.25) is 0 Å². The van der Waals surface area contributed by atoms with Gasteiger partial charge >= 0.3 is 0 Å². The van der Waals surface area contributed by atoms with Crippen LogP contribution in [0.15, 0.2) is 18.2 Å². The molecule has 0 saturated carbocycles. The summed E-state index contributed by atoms with van der Waals surface area (Å²) in [7, 11) is 0. The Bertz CT molecular complexity index is 534. The van der Waals surface area contributed by atoms with Gasteiger partial charge < -0.3 is 0 Å². The Kier molecular flexibility index (Phi) is 3.35. The van der Waals surface area contributed by atoms with Crippen LogP contribution in [0.4, 0.5) is 0 Å². The monoisotopic (exact) mass is 254 g/mol. The largest absolute Gasteiger partial charge is 0.300 e. The van der Waals surface area contributed by atoms with Crippen LogP contribution in [-0.4, -0.2) is 29.8 Å². The molecular weight excluding hydrogens is 236 g/mol. The number of carbonyl (C=O) groups excluding carboxylic acids is 1. The van der Waals surface area contributed by atoms with Crippen LogP contribution >= 0.6 is 0 Å². The number of fused-ring (bicyclic) bond motifs is 1. The fraction of sp³-hybridized carbons (Fsp3) is 0.500. The molecule has 1 aromatic rings. The third-order valence-corrected chi connectivity index (χ3v) is 4.41. The molecule has 98 valence electrons. The quantitative estimate of drug-likeness (QED) is 0.770. The zero-order chi connectivity index (χ0) is 13.2. The Hall–Kier alpha value is -1.66. The van der Waals surface area contributed by atoms with Gasteiger partial charge in [0.05, 0.1) is 11.6 Å². The highest BCUT2D eigenvalue weighted by Gasteiger charge is 2.27. The summed E-state index contributed by atoms with van der Waals surface area (Å²) in [5.41, 5.74) is 3.48. The molecule has 0 unspecified atom stereocenters. The molecule has 3 nitrogen and oxygen atoms in total. The molecule has 0 radical (unpaired) electrons. The number of likely N-dealkylation sites (tertiary alicyclic amines) is 1. The molecule has 0 N–H and O–H groups in total. The summed E-state index contributed by atoms with van der Waals surface area (Å²) in [6, 6.07) is 8.84. The predicted molar refractivity (Wildman–Crippen MR) is 72.8 cm³/mol. The number of nitrogens with zero attached hydrogens (tertiary/aromatic N) is 2. The highest BCUT2D eigenvalue weighted by Crippen LogP contribution is 2.26. The summed E-state index contributed by atoms with van der Waals surface area (Å²) in [5.74, 6) is 0.408. The van der Waals surface area contributed by atoms with Gasteiger partial charge in [0.2, 0.25) is 0 Å². The lowest BCUT2D eigenvalue weighted by atomic mass is 9.86. The van der Waals surface area contributed by atoms with E-state index in [-0.39, 0.29) is 0 Å². The molecule has 3 rings (SSSR count). The van der Waals surface area contributed by atoms with Crippen molar-refractivity contribution in [2.75, 3.05) is 13.1 Å². The van der Waals surface area contributed by atoms with Crippen LogP contribution < -0.4 is 0 Å². The van der Waals surface area contributed by atoms with Crippen molar-refractivity contribution in [3.05, 3.63) is 34.9 Å². The summed E-state index contributed by atoms with van der Waals surface area (Å²) in [5, 5.41) is 8.93. The maximum absolute atomic E-state index is 11.3. The van der Waals surface area contributed by atoms with Gasteiger partial charge in [-0.1, -0.05) is 6.07 Å². The zero-order valence-corrected chi connectivity index (χ0v) is 11.1. The van der Waals surface area contributed by atoms with Crippen molar-refractivity contribution in [2.24, 2.45) is 0 Å². The first-order valence-corrected chi connectivity index (χ1v) is 7.04. The lowest BCUT2D eigenvalue weighted by Gasteiger charge is -2.37. The van der Waals surface area contributed by atoms with Gasteiger partial charge in [0.1, 0.15) is 5.78 Å². The van der Waals surface area contributed by atoms with E-state index in [1.807, 2.05) is 12.1 Å². The number of carbonyl (C=O) groups is 1. The maximum Gasteiger partial charge on any atom is 0.135 e. The van der Waals surface area contributed by atoms with E-state index in [1.165, 1.54) is 11.1 Å². The minimum Gasteiger partial charge on any atom is -0.300 e. The van der Waals surface area contributed by atoms with E-state index < -0.39 is 0 Å². The van der Waals surface area contributed by atoms with Crippen molar-refractivity contribution in [1.82, 2.24) is 4.90 Å².